The first-order valence-electron chi connectivity index (χ1n) is 8.54. The van der Waals surface area contributed by atoms with Gasteiger partial charge in [-0.05, 0) is 19.8 Å². The maximum atomic E-state index is 12.0. The van der Waals surface area contributed by atoms with Gasteiger partial charge >= 0.3 is 0 Å². The highest BCUT2D eigenvalue weighted by atomic mass is 32.1. The third-order valence-corrected chi connectivity index (χ3v) is 5.46. The van der Waals surface area contributed by atoms with Gasteiger partial charge in [-0.1, -0.05) is 13.3 Å². The first-order valence-corrected chi connectivity index (χ1v) is 9.42. The van der Waals surface area contributed by atoms with Gasteiger partial charge in [-0.3, -0.25) is 4.79 Å². The van der Waals surface area contributed by atoms with E-state index in [-0.39, 0.29) is 17.6 Å². The molecular weight excluding hydrogens is 312 g/mol. The number of rotatable bonds is 6. The van der Waals surface area contributed by atoms with Gasteiger partial charge in [-0.25, -0.2) is 4.98 Å². The van der Waals surface area contributed by atoms with Crippen LogP contribution in [-0.4, -0.2) is 47.2 Å². The summed E-state index contributed by atoms with van der Waals surface area (Å²) in [6, 6.07) is 0. The molecule has 6 heteroatoms. The largest absolute Gasteiger partial charge is 0.372 e. The molecule has 0 radical (unpaired) electrons. The highest BCUT2D eigenvalue weighted by Gasteiger charge is 2.49. The Bertz CT molecular complexity index is 540. The van der Waals surface area contributed by atoms with Crippen molar-refractivity contribution in [1.82, 2.24) is 9.88 Å². The zero-order chi connectivity index (χ0) is 16.3. The Hall–Kier alpha value is -0.980. The van der Waals surface area contributed by atoms with Crippen LogP contribution < -0.4 is 0 Å². The van der Waals surface area contributed by atoms with E-state index < -0.39 is 0 Å². The Kier molecular flexibility index (Phi) is 5.34. The predicted molar refractivity (Wildman–Crippen MR) is 89.5 cm³/mol. The van der Waals surface area contributed by atoms with E-state index in [9.17, 15) is 4.79 Å². The minimum absolute atomic E-state index is 0.164. The number of likely N-dealkylation sites (tertiary alicyclic amines) is 1. The fraction of sp³-hybridized carbons (Fsp3) is 0.765. The van der Waals surface area contributed by atoms with Crippen LogP contribution in [0.5, 0.6) is 0 Å². The molecule has 2 aliphatic heterocycles. The fourth-order valence-electron chi connectivity index (χ4n) is 3.34. The van der Waals surface area contributed by atoms with Gasteiger partial charge < -0.3 is 14.4 Å². The Morgan fingerprint density at radius 1 is 1.57 bits per heavy atom. The Balaban J connectivity index is 1.45. The lowest BCUT2D eigenvalue weighted by atomic mass is 9.84. The van der Waals surface area contributed by atoms with Crippen molar-refractivity contribution in [2.24, 2.45) is 0 Å². The van der Waals surface area contributed by atoms with Crippen LogP contribution >= 0.6 is 11.3 Å². The summed E-state index contributed by atoms with van der Waals surface area (Å²) in [5, 5.41) is 3.13. The summed E-state index contributed by atoms with van der Waals surface area (Å²) in [5.41, 5.74) is 0.848. The highest BCUT2D eigenvalue weighted by Crippen LogP contribution is 2.36. The maximum absolute atomic E-state index is 12.0. The van der Waals surface area contributed by atoms with E-state index in [1.54, 1.807) is 11.3 Å². The molecule has 0 saturated carbocycles. The molecule has 3 heterocycles. The lowest BCUT2D eigenvalue weighted by Crippen LogP contribution is -2.67. The van der Waals surface area contributed by atoms with Crippen molar-refractivity contribution < 1.29 is 14.3 Å². The molecule has 2 fully saturated rings. The summed E-state index contributed by atoms with van der Waals surface area (Å²) in [5.74, 6) is 0.266. The molecule has 2 aliphatic rings. The number of amides is 1. The molecule has 2 saturated heterocycles. The summed E-state index contributed by atoms with van der Waals surface area (Å²) in [6.45, 7) is 6.87. The molecule has 1 aromatic heterocycles. The van der Waals surface area contributed by atoms with E-state index in [1.165, 1.54) is 0 Å². The molecule has 1 atom stereocenters. The number of thiazole rings is 1. The van der Waals surface area contributed by atoms with E-state index in [2.05, 4.69) is 17.3 Å². The molecule has 1 aromatic rings. The Morgan fingerprint density at radius 2 is 2.39 bits per heavy atom. The average Bonchev–Trinajstić information content (AvgIpc) is 2.94. The van der Waals surface area contributed by atoms with Crippen LogP contribution in [0.1, 0.15) is 49.7 Å². The van der Waals surface area contributed by atoms with Crippen LogP contribution in [0.3, 0.4) is 0 Å². The van der Waals surface area contributed by atoms with Gasteiger partial charge in [0.2, 0.25) is 5.91 Å². The van der Waals surface area contributed by atoms with Gasteiger partial charge in [0, 0.05) is 24.8 Å². The van der Waals surface area contributed by atoms with Gasteiger partial charge in [0.1, 0.15) is 5.60 Å². The van der Waals surface area contributed by atoms with Crippen LogP contribution in [0.15, 0.2) is 5.38 Å². The van der Waals surface area contributed by atoms with Crippen molar-refractivity contribution >= 4 is 17.2 Å². The number of unbranched alkanes of at least 4 members (excludes halogenated alkanes) is 1. The van der Waals surface area contributed by atoms with E-state index in [0.29, 0.717) is 13.0 Å². The quantitative estimate of drug-likeness (QED) is 0.800. The number of carbonyl (C=O) groups is 1. The summed E-state index contributed by atoms with van der Waals surface area (Å²) in [7, 11) is 0. The van der Waals surface area contributed by atoms with Crippen LogP contribution in [-0.2, 0) is 20.9 Å². The summed E-state index contributed by atoms with van der Waals surface area (Å²) < 4.78 is 12.0. The second kappa shape index (κ2) is 7.28. The molecule has 0 aliphatic carbocycles. The normalized spacial score (nSPS) is 23.0. The molecule has 0 N–H and O–H groups in total. The number of carbonyl (C=O) groups excluding carboxylic acids is 1. The standard InChI is InChI=1S/C17H26N2O3S/c1-3-4-5-16(20)19-11-17(12-19)8-15(6-7-22-17)21-9-14-10-23-13(2)18-14/h10,15H,3-9,11-12H2,1-2H3/t15-/m1/s1. The molecule has 1 spiro atoms. The predicted octanol–water partition coefficient (Wildman–Crippen LogP) is 2.92. The van der Waals surface area contributed by atoms with Crippen molar-refractivity contribution in [3.05, 3.63) is 16.1 Å². The second-order valence-electron chi connectivity index (χ2n) is 6.67. The van der Waals surface area contributed by atoms with Crippen LogP contribution in [0.2, 0.25) is 0 Å². The van der Waals surface area contributed by atoms with Crippen LogP contribution in [0.25, 0.3) is 0 Å². The lowest BCUT2D eigenvalue weighted by Gasteiger charge is -2.53. The minimum atomic E-state index is -0.164. The third kappa shape index (κ3) is 4.11. The van der Waals surface area contributed by atoms with Gasteiger partial charge in [0.25, 0.3) is 0 Å². The Labute approximate surface area is 142 Å². The summed E-state index contributed by atoms with van der Waals surface area (Å²) >= 11 is 1.66. The van der Waals surface area contributed by atoms with Crippen molar-refractivity contribution in [2.75, 3.05) is 19.7 Å². The molecule has 128 valence electrons. The van der Waals surface area contributed by atoms with Crippen molar-refractivity contribution in [3.8, 4) is 0 Å². The van der Waals surface area contributed by atoms with Gasteiger partial charge in [-0.2, -0.15) is 0 Å². The summed E-state index contributed by atoms with van der Waals surface area (Å²) in [6.07, 6.45) is 4.71. The van der Waals surface area contributed by atoms with E-state index >= 15 is 0 Å². The van der Waals surface area contributed by atoms with Gasteiger partial charge in [0.05, 0.1) is 36.5 Å². The van der Waals surface area contributed by atoms with Crippen LogP contribution in [0, 0.1) is 6.92 Å². The molecule has 23 heavy (non-hydrogen) atoms. The monoisotopic (exact) mass is 338 g/mol. The average molecular weight is 338 g/mol. The third-order valence-electron chi connectivity index (χ3n) is 4.64. The van der Waals surface area contributed by atoms with E-state index in [1.807, 2.05) is 11.8 Å². The first kappa shape index (κ1) is 16.9. The smallest absolute Gasteiger partial charge is 0.222 e. The van der Waals surface area contributed by atoms with Crippen molar-refractivity contribution in [2.45, 2.75) is 64.3 Å². The highest BCUT2D eigenvalue weighted by molar-refractivity contribution is 7.09. The second-order valence-corrected chi connectivity index (χ2v) is 7.73. The number of hydrogen-bond acceptors (Lipinski definition) is 5. The summed E-state index contributed by atoms with van der Waals surface area (Å²) in [4.78, 5) is 18.4. The molecule has 5 nitrogen and oxygen atoms in total. The first-order chi connectivity index (χ1) is 11.1. The maximum Gasteiger partial charge on any atom is 0.222 e. The molecule has 0 bridgehead atoms. The van der Waals surface area contributed by atoms with E-state index in [4.69, 9.17) is 9.47 Å². The van der Waals surface area contributed by atoms with Gasteiger partial charge in [0.15, 0.2) is 0 Å². The Morgan fingerprint density at radius 3 is 3.09 bits per heavy atom. The number of nitrogens with zero attached hydrogens (tertiary/aromatic N) is 2. The molecule has 0 aromatic carbocycles. The number of aromatic nitrogens is 1. The van der Waals surface area contributed by atoms with Crippen molar-refractivity contribution in [1.29, 1.82) is 0 Å². The molecule has 0 unspecified atom stereocenters. The number of aryl methyl sites for hydroxylation is 1. The minimum Gasteiger partial charge on any atom is -0.372 e. The zero-order valence-corrected chi connectivity index (χ0v) is 14.9. The fourth-order valence-corrected chi connectivity index (χ4v) is 3.93. The molecule has 3 rings (SSSR count). The van der Waals surface area contributed by atoms with Gasteiger partial charge in [-0.15, -0.1) is 11.3 Å². The zero-order valence-electron chi connectivity index (χ0n) is 14.0. The molecular formula is C17H26N2O3S. The van der Waals surface area contributed by atoms with Crippen molar-refractivity contribution in [3.63, 3.8) is 0 Å². The van der Waals surface area contributed by atoms with E-state index in [0.717, 1.165) is 56.1 Å². The number of ether oxygens (including phenoxy) is 2. The molecule has 1 amide bonds. The topological polar surface area (TPSA) is 51.7 Å². The lowest BCUT2D eigenvalue weighted by molar-refractivity contribution is -0.202. The number of hydrogen-bond donors (Lipinski definition) is 0. The SMILES string of the molecule is CCCCC(=O)N1CC2(C[C@H](OCc3csc(C)n3)CCO2)C1. The van der Waals surface area contributed by atoms with Crippen LogP contribution in [0.4, 0.5) is 0 Å².